The molecule has 3 nitrogen and oxygen atoms in total. The van der Waals surface area contributed by atoms with E-state index in [0.29, 0.717) is 0 Å². The third-order valence-electron chi connectivity index (χ3n) is 4.24. The Morgan fingerprint density at radius 2 is 1.88 bits per heavy atom. The minimum absolute atomic E-state index is 0.286. The van der Waals surface area contributed by atoms with Crippen molar-refractivity contribution in [2.75, 3.05) is 0 Å². The molecule has 1 N–H and O–H groups in total. The predicted octanol–water partition coefficient (Wildman–Crippen LogP) is 5.56. The number of furan rings is 1. The molecule has 1 heterocycles. The summed E-state index contributed by atoms with van der Waals surface area (Å²) >= 11 is 0. The predicted molar refractivity (Wildman–Crippen MR) is 99.3 cm³/mol. The van der Waals surface area contributed by atoms with Gasteiger partial charge in [-0.3, -0.25) is 0 Å². The average Bonchev–Trinajstić information content (AvgIpc) is 2.91. The summed E-state index contributed by atoms with van der Waals surface area (Å²) in [7, 11) is 0. The van der Waals surface area contributed by atoms with Gasteiger partial charge in [0.15, 0.2) is 0 Å². The molecule has 0 fully saturated rings. The smallest absolute Gasteiger partial charge is 0.335 e. The topological polar surface area (TPSA) is 50.4 Å². The van der Waals surface area contributed by atoms with Crippen molar-refractivity contribution < 1.29 is 14.3 Å². The van der Waals surface area contributed by atoms with Crippen LogP contribution in [0.25, 0.3) is 22.1 Å². The molecule has 4 rings (SSSR count). The summed E-state index contributed by atoms with van der Waals surface area (Å²) < 4.78 is 5.97. The maximum Gasteiger partial charge on any atom is 0.335 e. The van der Waals surface area contributed by atoms with Gasteiger partial charge in [-0.15, -0.1) is 0 Å². The van der Waals surface area contributed by atoms with Crippen molar-refractivity contribution >= 4 is 28.1 Å². The molecule has 2 aromatic carbocycles. The van der Waals surface area contributed by atoms with Crippen LogP contribution < -0.4 is 0 Å². The molecule has 0 amide bonds. The molecule has 0 atom stereocenters. The van der Waals surface area contributed by atoms with Crippen LogP contribution in [-0.2, 0) is 0 Å². The van der Waals surface area contributed by atoms with Crippen LogP contribution in [0.2, 0.25) is 0 Å². The number of para-hydroxylation sites is 1. The zero-order valence-electron chi connectivity index (χ0n) is 13.5. The molecule has 1 aliphatic carbocycles. The van der Waals surface area contributed by atoms with E-state index in [1.807, 2.05) is 48.6 Å². The second-order valence-corrected chi connectivity index (χ2v) is 5.93. The highest BCUT2D eigenvalue weighted by Gasteiger charge is 2.11. The summed E-state index contributed by atoms with van der Waals surface area (Å²) in [5, 5.41) is 10.3. The van der Waals surface area contributed by atoms with Gasteiger partial charge in [-0.2, -0.15) is 0 Å². The van der Waals surface area contributed by atoms with Crippen LogP contribution in [0.4, 0.5) is 0 Å². The van der Waals surface area contributed by atoms with E-state index in [-0.39, 0.29) is 5.56 Å². The van der Waals surface area contributed by atoms with Crippen LogP contribution in [0, 0.1) is 0 Å². The number of carbonyl (C=O) groups is 1. The van der Waals surface area contributed by atoms with E-state index >= 15 is 0 Å². The molecule has 0 spiro atoms. The van der Waals surface area contributed by atoms with Crippen molar-refractivity contribution in [2.45, 2.75) is 6.42 Å². The van der Waals surface area contributed by atoms with E-state index in [1.54, 1.807) is 18.2 Å². The highest BCUT2D eigenvalue weighted by Crippen LogP contribution is 2.30. The Hall–Kier alpha value is -3.33. The molecule has 25 heavy (non-hydrogen) atoms. The highest BCUT2D eigenvalue weighted by atomic mass is 16.4. The molecule has 0 saturated carbocycles. The maximum absolute atomic E-state index is 11.2. The van der Waals surface area contributed by atoms with Crippen molar-refractivity contribution in [3.63, 3.8) is 0 Å². The Kier molecular flexibility index (Phi) is 3.82. The number of rotatable bonds is 3. The third kappa shape index (κ3) is 3.04. The first kappa shape index (κ1) is 15.2. The second kappa shape index (κ2) is 6.29. The van der Waals surface area contributed by atoms with Crippen LogP contribution in [0.15, 0.2) is 83.3 Å². The molecule has 122 valence electrons. The van der Waals surface area contributed by atoms with Gasteiger partial charge in [0.05, 0.1) is 5.56 Å². The highest BCUT2D eigenvalue weighted by molar-refractivity contribution is 5.93. The number of carboxylic acid groups (broad SMARTS) is 1. The summed E-state index contributed by atoms with van der Waals surface area (Å²) in [5.41, 5.74) is 3.99. The van der Waals surface area contributed by atoms with Gasteiger partial charge in [-0.05, 0) is 47.9 Å². The van der Waals surface area contributed by atoms with Crippen molar-refractivity contribution in [2.24, 2.45) is 0 Å². The lowest BCUT2D eigenvalue weighted by atomic mass is 10.00. The van der Waals surface area contributed by atoms with Crippen molar-refractivity contribution in [3.8, 4) is 0 Å². The molecule has 1 aliphatic rings. The fourth-order valence-electron chi connectivity index (χ4n) is 2.97. The van der Waals surface area contributed by atoms with Crippen LogP contribution in [-0.4, -0.2) is 11.1 Å². The minimum Gasteiger partial charge on any atom is -0.478 e. The Morgan fingerprint density at radius 1 is 1.00 bits per heavy atom. The number of aromatic carboxylic acids is 1. The minimum atomic E-state index is -0.921. The fourth-order valence-corrected chi connectivity index (χ4v) is 2.97. The van der Waals surface area contributed by atoms with E-state index in [4.69, 9.17) is 4.42 Å². The quantitative estimate of drug-likeness (QED) is 0.685. The molecular formula is C22H16O3. The van der Waals surface area contributed by atoms with E-state index in [0.717, 1.165) is 39.9 Å². The first-order chi connectivity index (χ1) is 12.2. The van der Waals surface area contributed by atoms with Crippen molar-refractivity contribution in [3.05, 3.63) is 95.8 Å². The van der Waals surface area contributed by atoms with E-state index in [1.165, 1.54) is 0 Å². The standard InChI is InChI=1S/C22H16O3/c23-22(24)19-10-5-9-16(13-19)15-6-1-2-7-17(12-15)21-14-18-8-3-4-11-20(18)25-21/h2-14H,1H2,(H,23,24). The number of allylic oxidation sites excluding steroid dienone is 6. The maximum atomic E-state index is 11.2. The van der Waals surface area contributed by atoms with Gasteiger partial charge in [0.1, 0.15) is 11.3 Å². The summed E-state index contributed by atoms with van der Waals surface area (Å²) in [6.45, 7) is 0. The molecule has 0 saturated heterocycles. The molecule has 3 aromatic rings. The number of hydrogen-bond donors (Lipinski definition) is 1. The van der Waals surface area contributed by atoms with E-state index in [2.05, 4.69) is 12.2 Å². The fraction of sp³-hybridized carbons (Fsp3) is 0.0455. The number of fused-ring (bicyclic) bond motifs is 1. The lowest BCUT2D eigenvalue weighted by Crippen LogP contribution is -1.96. The molecule has 3 heteroatoms. The van der Waals surface area contributed by atoms with Crippen molar-refractivity contribution in [1.82, 2.24) is 0 Å². The zero-order chi connectivity index (χ0) is 17.2. The number of carboxylic acids is 1. The van der Waals surface area contributed by atoms with Crippen LogP contribution in [0.1, 0.15) is 28.1 Å². The van der Waals surface area contributed by atoms with Crippen LogP contribution in [0.5, 0.6) is 0 Å². The molecule has 0 aliphatic heterocycles. The first-order valence-electron chi connectivity index (χ1n) is 8.12. The average molecular weight is 328 g/mol. The Morgan fingerprint density at radius 3 is 2.72 bits per heavy atom. The molecule has 0 radical (unpaired) electrons. The van der Waals surface area contributed by atoms with E-state index in [9.17, 15) is 9.90 Å². The molecule has 0 unspecified atom stereocenters. The lowest BCUT2D eigenvalue weighted by molar-refractivity contribution is 0.0697. The molecular weight excluding hydrogens is 312 g/mol. The summed E-state index contributed by atoms with van der Waals surface area (Å²) in [5.74, 6) is -0.115. The summed E-state index contributed by atoms with van der Waals surface area (Å²) in [6, 6.07) is 16.9. The lowest BCUT2D eigenvalue weighted by Gasteiger charge is -2.05. The third-order valence-corrected chi connectivity index (χ3v) is 4.24. The molecule has 1 aromatic heterocycles. The van der Waals surface area contributed by atoms with Gasteiger partial charge in [0, 0.05) is 11.0 Å². The largest absolute Gasteiger partial charge is 0.478 e. The second-order valence-electron chi connectivity index (χ2n) is 5.93. The summed E-state index contributed by atoms with van der Waals surface area (Å²) in [4.78, 5) is 11.2. The molecule has 0 bridgehead atoms. The van der Waals surface area contributed by atoms with Crippen LogP contribution in [0.3, 0.4) is 0 Å². The van der Waals surface area contributed by atoms with Gasteiger partial charge in [0.2, 0.25) is 0 Å². The van der Waals surface area contributed by atoms with Gasteiger partial charge in [-0.1, -0.05) is 48.6 Å². The monoisotopic (exact) mass is 328 g/mol. The van der Waals surface area contributed by atoms with E-state index < -0.39 is 5.97 Å². The van der Waals surface area contributed by atoms with Gasteiger partial charge in [-0.25, -0.2) is 4.79 Å². The van der Waals surface area contributed by atoms with Gasteiger partial charge >= 0.3 is 5.97 Å². The van der Waals surface area contributed by atoms with Gasteiger partial charge < -0.3 is 9.52 Å². The summed E-state index contributed by atoms with van der Waals surface area (Å²) in [6.07, 6.45) is 9.04. The Labute approximate surface area is 145 Å². The van der Waals surface area contributed by atoms with Crippen molar-refractivity contribution in [1.29, 1.82) is 0 Å². The number of hydrogen-bond acceptors (Lipinski definition) is 2. The van der Waals surface area contributed by atoms with Gasteiger partial charge in [0.25, 0.3) is 0 Å². The first-order valence-corrected chi connectivity index (χ1v) is 8.12. The Bertz CT molecular complexity index is 1010. The SMILES string of the molecule is O=C(O)c1cccc(C2=CCC=CC(c3cc4ccccc4o3)=C2)c1. The normalized spacial score (nSPS) is 14.1. The Balaban J connectivity index is 1.77. The van der Waals surface area contributed by atoms with Crippen LogP contribution >= 0.6 is 0 Å². The number of benzene rings is 2. The zero-order valence-corrected chi connectivity index (χ0v) is 13.5.